The van der Waals surface area contributed by atoms with Gasteiger partial charge in [-0.25, -0.2) is 0 Å². The first-order valence-corrected chi connectivity index (χ1v) is 21.6. The first kappa shape index (κ1) is 43.6. The largest absolute Gasteiger partial charge is 0.512 e. The molecule has 0 aliphatic carbocycles. The molecule has 5 nitrogen and oxygen atoms in total. The Morgan fingerprint density at radius 2 is 1.43 bits per heavy atom. The van der Waals surface area contributed by atoms with Crippen molar-refractivity contribution in [2.75, 3.05) is 4.90 Å². The zero-order chi connectivity index (χ0) is 42.1. The molecule has 7 heteroatoms. The van der Waals surface area contributed by atoms with Gasteiger partial charge < -0.3 is 14.7 Å². The van der Waals surface area contributed by atoms with E-state index in [2.05, 4.69) is 153 Å². The fourth-order valence-electron chi connectivity index (χ4n) is 9.17. The van der Waals surface area contributed by atoms with Gasteiger partial charge in [0.1, 0.15) is 11.5 Å². The zero-order valence-electron chi connectivity index (χ0n) is 36.3. The van der Waals surface area contributed by atoms with Crippen LogP contribution in [-0.2, 0) is 30.3 Å². The summed E-state index contributed by atoms with van der Waals surface area (Å²) in [4.78, 5) is 19.0. The summed E-state index contributed by atoms with van der Waals surface area (Å²) in [6.45, 7) is 14.9. The van der Waals surface area contributed by atoms with E-state index in [4.69, 9.17) is 9.72 Å². The summed E-state index contributed by atoms with van der Waals surface area (Å²) >= 11 is 0. The van der Waals surface area contributed by atoms with Gasteiger partial charge in [0.25, 0.3) is 6.71 Å². The van der Waals surface area contributed by atoms with Crippen LogP contribution in [0.1, 0.15) is 79.7 Å². The summed E-state index contributed by atoms with van der Waals surface area (Å²) < 4.78 is 6.91. The Labute approximate surface area is 375 Å². The summed E-state index contributed by atoms with van der Waals surface area (Å²) in [6, 6.07) is 46.9. The van der Waals surface area contributed by atoms with Crippen molar-refractivity contribution >= 4 is 67.5 Å². The van der Waals surface area contributed by atoms with E-state index in [9.17, 15) is 9.90 Å². The minimum Gasteiger partial charge on any atom is -0.512 e. The van der Waals surface area contributed by atoms with Crippen molar-refractivity contribution in [1.82, 2.24) is 4.98 Å². The normalized spacial score (nSPS) is 12.9. The van der Waals surface area contributed by atoms with E-state index in [0.29, 0.717) is 0 Å². The van der Waals surface area contributed by atoms with Gasteiger partial charge in [-0.05, 0) is 89.3 Å². The van der Waals surface area contributed by atoms with Gasteiger partial charge in [-0.1, -0.05) is 132 Å². The number of hydrogen-bond donors (Lipinski definition) is 1. The molecule has 0 fully saturated rings. The molecule has 6 aromatic carbocycles. The average molecular weight is 982 g/mol. The second kappa shape index (κ2) is 18.2. The maximum absolute atomic E-state index is 11.7. The minimum absolute atomic E-state index is 0. The van der Waals surface area contributed by atoms with Gasteiger partial charge in [0, 0.05) is 72.4 Å². The number of aliphatic hydroxyl groups excluding tert-OH is 1. The van der Waals surface area contributed by atoms with Crippen LogP contribution in [0.3, 0.4) is 0 Å². The number of para-hydroxylation sites is 2. The monoisotopic (exact) mass is 982 g/mol. The number of pyridine rings is 1. The molecule has 0 amide bonds. The number of ether oxygens (including phenoxy) is 1. The van der Waals surface area contributed by atoms with Gasteiger partial charge >= 0.3 is 0 Å². The third kappa shape index (κ3) is 8.19. The summed E-state index contributed by atoms with van der Waals surface area (Å²) in [7, 11) is 0. The third-order valence-corrected chi connectivity index (χ3v) is 12.4. The Kier molecular flexibility index (Phi) is 13.0. The van der Waals surface area contributed by atoms with Gasteiger partial charge in [-0.15, -0.1) is 29.1 Å². The summed E-state index contributed by atoms with van der Waals surface area (Å²) in [5, 5.41) is 14.2. The molecule has 0 atom stereocenters. The predicted octanol–water partition coefficient (Wildman–Crippen LogP) is 12.4. The molecule has 2 aliphatic rings. The fourth-order valence-corrected chi connectivity index (χ4v) is 9.17. The predicted molar refractivity (Wildman–Crippen MR) is 252 cm³/mol. The Bertz CT molecular complexity index is 2730. The number of benzene rings is 6. The second-order valence-electron chi connectivity index (χ2n) is 17.1. The van der Waals surface area contributed by atoms with Gasteiger partial charge in [0.2, 0.25) is 0 Å². The fraction of sp³-hybridized carbons (Fsp3) is 0.259. The van der Waals surface area contributed by atoms with Crippen LogP contribution in [0.15, 0.2) is 139 Å². The minimum atomic E-state index is -0.0280. The zero-order valence-corrected chi connectivity index (χ0v) is 38.6. The number of carbonyl (C=O) groups excluding carboxylic acids is 1. The van der Waals surface area contributed by atoms with E-state index in [1.165, 1.54) is 39.1 Å². The van der Waals surface area contributed by atoms with Crippen LogP contribution >= 0.6 is 0 Å². The summed E-state index contributed by atoms with van der Waals surface area (Å²) in [5.74, 6) is 2.36. The first-order chi connectivity index (χ1) is 29.1. The van der Waals surface area contributed by atoms with Crippen molar-refractivity contribution in [3.8, 4) is 22.8 Å². The third-order valence-electron chi connectivity index (χ3n) is 12.4. The second-order valence-corrected chi connectivity index (χ2v) is 17.1. The topological polar surface area (TPSA) is 62.7 Å². The Balaban J connectivity index is 0.000000303. The van der Waals surface area contributed by atoms with E-state index in [-0.39, 0.29) is 55.6 Å². The summed E-state index contributed by atoms with van der Waals surface area (Å²) in [5.41, 5.74) is 10.3. The van der Waals surface area contributed by atoms with Crippen molar-refractivity contribution in [2.45, 2.75) is 79.6 Å². The molecule has 7 aromatic rings. The molecule has 61 heavy (non-hydrogen) atoms. The van der Waals surface area contributed by atoms with E-state index < -0.39 is 0 Å². The quantitative estimate of drug-likeness (QED) is 0.0676. The maximum Gasteiger partial charge on any atom is 0.256 e. The molecule has 0 saturated carbocycles. The first-order valence-electron chi connectivity index (χ1n) is 21.6. The van der Waals surface area contributed by atoms with E-state index >= 15 is 0 Å². The SMILES string of the molecule is CC(C)(C)c1cc(-c2nccc3c4c(ccc23)B2c3ccccc3N(c3ccccc3)c3cccc(c32)O4)[c-]c2ccccc12.CCC(CC)C(=O)/C=C(\O)C(CC)CC.[Ir]. The molecule has 3 heterocycles. The van der Waals surface area contributed by atoms with Gasteiger partial charge in [0.05, 0.1) is 5.76 Å². The molecule has 0 unspecified atom stereocenters. The molecular weight excluding hydrogens is 928 g/mol. The standard InChI is InChI=1S/C41H30BN2O.C13H24O2.Ir/c1-41(2,3)32-25-27(24-26-12-7-8-15-29(26)32)39-30-20-21-34-40(31(30)22-23-43-39)45-37-19-11-18-36-38(37)42(34)33-16-9-10-17-35(33)44(36)28-13-5-4-6-14-28;1-5-10(6-2)12(14)9-13(15)11(7-3)8-4;/h4-23,25H,1-3H3;9-11,14H,5-8H2,1-4H3;/q-1;;/b;12-9-;. The number of allylic oxidation sites excluding steroid dienone is 2. The van der Waals surface area contributed by atoms with Crippen LogP contribution in [-0.4, -0.2) is 22.6 Å². The number of fused-ring (bicyclic) bond motifs is 7. The number of ketones is 1. The van der Waals surface area contributed by atoms with Crippen molar-refractivity contribution in [3.05, 3.63) is 151 Å². The molecule has 311 valence electrons. The molecular formula is C54H54BIrN2O3-. The number of hydrogen-bond acceptors (Lipinski definition) is 5. The molecule has 0 saturated heterocycles. The summed E-state index contributed by atoms with van der Waals surface area (Å²) in [6.07, 6.45) is 6.82. The number of aliphatic hydroxyl groups is 1. The molecule has 9 rings (SSSR count). The Morgan fingerprint density at radius 3 is 2.15 bits per heavy atom. The molecule has 1 N–H and O–H groups in total. The molecule has 2 aliphatic heterocycles. The Morgan fingerprint density at radius 1 is 0.754 bits per heavy atom. The number of nitrogens with zero attached hydrogens (tertiary/aromatic N) is 2. The maximum atomic E-state index is 11.7. The Hall–Kier alpha value is -5.49. The number of aromatic nitrogens is 1. The van der Waals surface area contributed by atoms with Crippen LogP contribution in [0.5, 0.6) is 11.5 Å². The van der Waals surface area contributed by atoms with Crippen molar-refractivity contribution in [2.24, 2.45) is 11.8 Å². The van der Waals surface area contributed by atoms with Crippen LogP contribution in [0, 0.1) is 17.9 Å². The van der Waals surface area contributed by atoms with Gasteiger partial charge in [-0.2, -0.15) is 0 Å². The van der Waals surface area contributed by atoms with Crippen LogP contribution in [0.2, 0.25) is 0 Å². The van der Waals surface area contributed by atoms with E-state index in [0.717, 1.165) is 76.0 Å². The van der Waals surface area contributed by atoms with E-state index in [1.54, 1.807) is 0 Å². The van der Waals surface area contributed by atoms with Crippen LogP contribution in [0.25, 0.3) is 32.8 Å². The van der Waals surface area contributed by atoms with Crippen molar-refractivity contribution in [1.29, 1.82) is 0 Å². The number of rotatable bonds is 9. The van der Waals surface area contributed by atoms with Crippen molar-refractivity contribution in [3.63, 3.8) is 0 Å². The van der Waals surface area contributed by atoms with Crippen LogP contribution < -0.4 is 26.0 Å². The molecule has 1 aromatic heterocycles. The number of anilines is 3. The van der Waals surface area contributed by atoms with E-state index in [1.807, 2.05) is 33.9 Å². The van der Waals surface area contributed by atoms with Crippen molar-refractivity contribution < 1.29 is 34.7 Å². The molecule has 0 bridgehead atoms. The van der Waals surface area contributed by atoms with Gasteiger partial charge in [-0.3, -0.25) is 9.78 Å². The van der Waals surface area contributed by atoms with Gasteiger partial charge in [0.15, 0.2) is 5.78 Å². The molecule has 1 radical (unpaired) electrons. The average Bonchev–Trinajstić information content (AvgIpc) is 3.26. The molecule has 0 spiro atoms. The smallest absolute Gasteiger partial charge is 0.256 e. The van der Waals surface area contributed by atoms with Crippen LogP contribution in [0.4, 0.5) is 17.1 Å². The number of carbonyl (C=O) groups is 1.